The number of carbonyl (C=O) groups is 1. The van der Waals surface area contributed by atoms with Crippen molar-refractivity contribution < 1.29 is 22.7 Å². The molecular formula is C17H18N2O5S. The molecule has 1 unspecified atom stereocenters. The molecule has 2 aromatic rings. The summed E-state index contributed by atoms with van der Waals surface area (Å²) in [5.74, 6) is 0.550. The van der Waals surface area contributed by atoms with Gasteiger partial charge >= 0.3 is 0 Å². The summed E-state index contributed by atoms with van der Waals surface area (Å²) in [7, 11) is -3.86. The minimum atomic E-state index is -3.86. The van der Waals surface area contributed by atoms with Gasteiger partial charge in [0.25, 0.3) is 15.9 Å². The number of benzene rings is 2. The summed E-state index contributed by atoms with van der Waals surface area (Å²) < 4.78 is 38.7. The average molecular weight is 362 g/mol. The molecule has 1 atom stereocenters. The Hall–Kier alpha value is -2.74. The van der Waals surface area contributed by atoms with E-state index < -0.39 is 16.1 Å². The van der Waals surface area contributed by atoms with E-state index >= 15 is 0 Å². The molecule has 0 radical (unpaired) electrons. The molecule has 1 aliphatic rings. The van der Waals surface area contributed by atoms with Crippen molar-refractivity contribution in [3.63, 3.8) is 0 Å². The predicted octanol–water partition coefficient (Wildman–Crippen LogP) is 2.61. The molecule has 0 aliphatic carbocycles. The molecule has 0 fully saturated rings. The number of ether oxygens (including phenoxy) is 2. The molecule has 2 aromatic carbocycles. The number of nitrogens with one attached hydrogen (secondary N) is 2. The van der Waals surface area contributed by atoms with Crippen LogP contribution in [0.2, 0.25) is 0 Å². The number of hydrogen-bond acceptors (Lipinski definition) is 5. The molecule has 0 saturated heterocycles. The van der Waals surface area contributed by atoms with Crippen molar-refractivity contribution in [3.8, 4) is 11.5 Å². The fourth-order valence-electron chi connectivity index (χ4n) is 2.39. The van der Waals surface area contributed by atoms with Crippen LogP contribution in [0, 0.1) is 0 Å². The Morgan fingerprint density at radius 1 is 1.24 bits per heavy atom. The van der Waals surface area contributed by atoms with Gasteiger partial charge in [0.05, 0.1) is 22.9 Å². The monoisotopic (exact) mass is 362 g/mol. The van der Waals surface area contributed by atoms with Crippen molar-refractivity contribution >= 4 is 27.3 Å². The number of fused-ring (bicyclic) bond motifs is 1. The molecule has 1 heterocycles. The van der Waals surface area contributed by atoms with Crippen LogP contribution in [-0.2, 0) is 14.8 Å². The van der Waals surface area contributed by atoms with Gasteiger partial charge in [0.1, 0.15) is 11.5 Å². The second-order valence-corrected chi connectivity index (χ2v) is 7.12. The smallest absolute Gasteiger partial charge is 0.265 e. The van der Waals surface area contributed by atoms with E-state index in [0.29, 0.717) is 29.5 Å². The van der Waals surface area contributed by atoms with Gasteiger partial charge in [0, 0.05) is 0 Å². The molecule has 132 valence electrons. The van der Waals surface area contributed by atoms with E-state index in [0.717, 1.165) is 0 Å². The van der Waals surface area contributed by atoms with Crippen molar-refractivity contribution in [1.82, 2.24) is 0 Å². The summed E-state index contributed by atoms with van der Waals surface area (Å²) in [5, 5.41) is 2.64. The van der Waals surface area contributed by atoms with Crippen molar-refractivity contribution in [2.24, 2.45) is 0 Å². The third-order valence-electron chi connectivity index (χ3n) is 3.62. The summed E-state index contributed by atoms with van der Waals surface area (Å²) in [6.07, 6.45) is -0.619. The maximum Gasteiger partial charge on any atom is 0.265 e. The Morgan fingerprint density at radius 3 is 2.76 bits per heavy atom. The summed E-state index contributed by atoms with van der Waals surface area (Å²) in [6, 6.07) is 11.1. The minimum absolute atomic E-state index is 0.0102. The molecule has 8 heteroatoms. The first-order valence-corrected chi connectivity index (χ1v) is 9.25. The maximum atomic E-state index is 12.7. The van der Waals surface area contributed by atoms with Gasteiger partial charge in [-0.3, -0.25) is 9.52 Å². The fourth-order valence-corrected chi connectivity index (χ4v) is 3.49. The summed E-state index contributed by atoms with van der Waals surface area (Å²) in [4.78, 5) is 11.7. The molecule has 7 nitrogen and oxygen atoms in total. The lowest BCUT2D eigenvalue weighted by molar-refractivity contribution is -0.122. The molecule has 0 aromatic heterocycles. The molecule has 0 spiro atoms. The first kappa shape index (κ1) is 17.1. The van der Waals surface area contributed by atoms with Gasteiger partial charge in [-0.15, -0.1) is 0 Å². The highest BCUT2D eigenvalue weighted by molar-refractivity contribution is 7.92. The molecule has 25 heavy (non-hydrogen) atoms. The lowest BCUT2D eigenvalue weighted by Crippen LogP contribution is -2.34. The number of amides is 1. The van der Waals surface area contributed by atoms with Crippen LogP contribution < -0.4 is 19.5 Å². The number of rotatable bonds is 5. The van der Waals surface area contributed by atoms with Crippen molar-refractivity contribution in [1.29, 1.82) is 0 Å². The van der Waals surface area contributed by atoms with Gasteiger partial charge in [-0.25, -0.2) is 8.42 Å². The molecule has 0 bridgehead atoms. The zero-order chi connectivity index (χ0) is 18.0. The highest BCUT2D eigenvalue weighted by Gasteiger charge is 2.26. The first-order valence-electron chi connectivity index (χ1n) is 7.77. The standard InChI is InChI=1S/C17H18N2O5S/c1-3-23-15-7-5-4-6-13(15)19-25(21,22)12-8-9-16-14(10-12)18-17(20)11(2)24-16/h4-11,19H,3H2,1-2H3,(H,18,20). The van der Waals surface area contributed by atoms with Crippen LogP contribution in [0.15, 0.2) is 47.4 Å². The normalized spacial score (nSPS) is 16.4. The highest BCUT2D eigenvalue weighted by Crippen LogP contribution is 2.33. The Morgan fingerprint density at radius 2 is 2.00 bits per heavy atom. The largest absolute Gasteiger partial charge is 0.492 e. The predicted molar refractivity (Wildman–Crippen MR) is 93.6 cm³/mol. The van der Waals surface area contributed by atoms with Gasteiger partial charge in [0.2, 0.25) is 0 Å². The molecule has 2 N–H and O–H groups in total. The Kier molecular flexibility index (Phi) is 4.54. The van der Waals surface area contributed by atoms with E-state index in [1.807, 2.05) is 6.92 Å². The topological polar surface area (TPSA) is 93.7 Å². The minimum Gasteiger partial charge on any atom is -0.492 e. The average Bonchev–Trinajstić information content (AvgIpc) is 2.57. The van der Waals surface area contributed by atoms with Crippen LogP contribution in [0.5, 0.6) is 11.5 Å². The zero-order valence-corrected chi connectivity index (χ0v) is 14.6. The van der Waals surface area contributed by atoms with E-state index in [4.69, 9.17) is 9.47 Å². The lowest BCUT2D eigenvalue weighted by Gasteiger charge is -2.23. The van der Waals surface area contributed by atoms with Crippen LogP contribution in [0.4, 0.5) is 11.4 Å². The van der Waals surface area contributed by atoms with E-state index in [9.17, 15) is 13.2 Å². The number of sulfonamides is 1. The first-order chi connectivity index (χ1) is 11.9. The second-order valence-electron chi connectivity index (χ2n) is 5.44. The van der Waals surface area contributed by atoms with Gasteiger partial charge in [0.15, 0.2) is 6.10 Å². The number of anilines is 2. The third-order valence-corrected chi connectivity index (χ3v) is 4.99. The van der Waals surface area contributed by atoms with Crippen LogP contribution in [0.25, 0.3) is 0 Å². The van der Waals surface area contributed by atoms with E-state index in [2.05, 4.69) is 10.0 Å². The third kappa shape index (κ3) is 3.53. The molecule has 3 rings (SSSR count). The van der Waals surface area contributed by atoms with Gasteiger partial charge in [-0.1, -0.05) is 12.1 Å². The Bertz CT molecular complexity index is 911. The van der Waals surface area contributed by atoms with Gasteiger partial charge in [-0.2, -0.15) is 0 Å². The zero-order valence-electron chi connectivity index (χ0n) is 13.8. The van der Waals surface area contributed by atoms with Gasteiger partial charge < -0.3 is 14.8 Å². The van der Waals surface area contributed by atoms with Crippen molar-refractivity contribution in [2.45, 2.75) is 24.8 Å². The van der Waals surface area contributed by atoms with E-state index in [1.165, 1.54) is 18.2 Å². The van der Waals surface area contributed by atoms with E-state index in [-0.39, 0.29) is 10.8 Å². The van der Waals surface area contributed by atoms with Crippen molar-refractivity contribution in [2.75, 3.05) is 16.6 Å². The van der Waals surface area contributed by atoms with Crippen LogP contribution in [0.3, 0.4) is 0 Å². The van der Waals surface area contributed by atoms with Crippen LogP contribution >= 0.6 is 0 Å². The molecule has 1 amide bonds. The van der Waals surface area contributed by atoms with Crippen LogP contribution in [0.1, 0.15) is 13.8 Å². The molecule has 1 aliphatic heterocycles. The van der Waals surface area contributed by atoms with Gasteiger partial charge in [-0.05, 0) is 44.2 Å². The maximum absolute atomic E-state index is 12.7. The summed E-state index contributed by atoms with van der Waals surface area (Å²) >= 11 is 0. The highest BCUT2D eigenvalue weighted by atomic mass is 32.2. The Labute approximate surface area is 146 Å². The number of carbonyl (C=O) groups excluding carboxylic acids is 1. The SMILES string of the molecule is CCOc1ccccc1NS(=O)(=O)c1ccc2c(c1)NC(=O)C(C)O2. The molecular weight excluding hydrogens is 344 g/mol. The summed E-state index contributed by atoms with van der Waals surface area (Å²) in [5.41, 5.74) is 0.667. The quantitative estimate of drug-likeness (QED) is 0.853. The van der Waals surface area contributed by atoms with Crippen LogP contribution in [-0.4, -0.2) is 27.0 Å². The second kappa shape index (κ2) is 6.64. The molecule has 0 saturated carbocycles. The van der Waals surface area contributed by atoms with E-state index in [1.54, 1.807) is 31.2 Å². The number of hydrogen-bond donors (Lipinski definition) is 2. The fraction of sp³-hybridized carbons (Fsp3) is 0.235. The lowest BCUT2D eigenvalue weighted by atomic mass is 10.2. The number of para-hydroxylation sites is 2. The van der Waals surface area contributed by atoms with Crippen molar-refractivity contribution in [3.05, 3.63) is 42.5 Å². The Balaban J connectivity index is 1.91. The summed E-state index contributed by atoms with van der Waals surface area (Å²) in [6.45, 7) is 3.85.